The molecule has 0 radical (unpaired) electrons. The Hall–Kier alpha value is -9.49. The van der Waals surface area contributed by atoms with Gasteiger partial charge >= 0.3 is 0 Å². The topological polar surface area (TPSA) is 605 Å². The van der Waals surface area contributed by atoms with E-state index in [4.69, 9.17) is 74.5 Å². The van der Waals surface area contributed by atoms with E-state index >= 15 is 0 Å². The average Bonchev–Trinajstić information content (AvgIpc) is 1.29. The maximum Gasteiger partial charge on any atom is 0.227 e. The molecule has 1 saturated heterocycles. The Balaban J connectivity index is 2.02. The molecule has 32 nitrogen and oxygen atoms in total. The van der Waals surface area contributed by atoms with Gasteiger partial charge in [-0.15, -0.1) is 0 Å². The molecule has 1 fully saturated rings. The molecule has 0 unspecified atom stereocenters. The molecule has 3 rings (SSSR count). The van der Waals surface area contributed by atoms with Gasteiger partial charge < -0.3 is 95.4 Å². The van der Waals surface area contributed by atoms with E-state index in [1.54, 1.807) is 4.90 Å². The highest BCUT2D eigenvalue weighted by atomic mass is 16.2. The standard InChI is InChI=1S/C64H107N23O9/c1-39(88)41(18-7-27-78-59(66)67)34-51(89)47(22-10-30-81-62(72)73)84-57(95)44(19-8-28-79-60(68)69)35-53(91)49(24-12-32-83-64(76)77)86-58(96)45(20-9-29-80-61(70)71)36-52(90)48(23-11-31-82-63(74)75)85-56(94)43(15-4-5-26-65)37-54(92)50-25-13-33-87(50)55(93)38-42-17-6-16-40-14-2-3-21-46(40)42/h2-3,6,14,16-17,21,41,43-45,47-50H,4-5,7-13,15,18-20,22-38,65H2,1H3,(H,84,95)(H,85,94)(H,86,96)(H4,66,67,78)(H4,68,69,79)(H4,70,71,80)(H4,72,73,81)(H4,74,75,82)(H4,76,77,83)/t41-,43-,44-,45-,47+,48+,49+,50+/m1/s1. The summed E-state index contributed by atoms with van der Waals surface area (Å²) < 4.78 is 0. The summed E-state index contributed by atoms with van der Waals surface area (Å²) in [6.07, 6.45) is 2.54. The zero-order valence-corrected chi connectivity index (χ0v) is 55.7. The van der Waals surface area contributed by atoms with Gasteiger partial charge in [-0.2, -0.15) is 0 Å². The smallest absolute Gasteiger partial charge is 0.227 e. The van der Waals surface area contributed by atoms with Gasteiger partial charge in [-0.05, 0) is 133 Å². The molecule has 8 atom stereocenters. The molecule has 0 bridgehead atoms. The summed E-state index contributed by atoms with van der Waals surface area (Å²) in [6.45, 7) is 2.59. The monoisotopic (exact) mass is 1340 g/mol. The number of hydrogen-bond acceptors (Lipinski definition) is 16. The second-order valence-electron chi connectivity index (χ2n) is 24.3. The van der Waals surface area contributed by atoms with Gasteiger partial charge in [0.1, 0.15) is 5.78 Å². The third-order valence-electron chi connectivity index (χ3n) is 16.6. The summed E-state index contributed by atoms with van der Waals surface area (Å²) in [6, 6.07) is 9.01. The summed E-state index contributed by atoms with van der Waals surface area (Å²) in [4.78, 5) is 155. The Morgan fingerprint density at radius 2 is 0.802 bits per heavy atom. The summed E-state index contributed by atoms with van der Waals surface area (Å²) >= 11 is 0. The van der Waals surface area contributed by atoms with Crippen LogP contribution < -0.4 is 90.5 Å². The van der Waals surface area contributed by atoms with Crippen LogP contribution in [0.3, 0.4) is 0 Å². The van der Waals surface area contributed by atoms with Crippen molar-refractivity contribution in [3.63, 3.8) is 0 Å². The Kier molecular flexibility index (Phi) is 37.2. The largest absolute Gasteiger partial charge is 0.370 e. The predicted molar refractivity (Wildman–Crippen MR) is 374 cm³/mol. The molecule has 4 amide bonds. The van der Waals surface area contributed by atoms with Crippen molar-refractivity contribution in [2.75, 3.05) is 52.4 Å². The fourth-order valence-electron chi connectivity index (χ4n) is 11.6. The van der Waals surface area contributed by atoms with Gasteiger partial charge in [-0.3, -0.25) is 73.1 Å². The van der Waals surface area contributed by atoms with Crippen LogP contribution in [0.15, 0.2) is 72.4 Å². The maximum atomic E-state index is 14.9. The minimum absolute atomic E-state index is 0.000426. The number of fused-ring (bicyclic) bond motifs is 1. The molecule has 0 aliphatic carbocycles. The van der Waals surface area contributed by atoms with Gasteiger partial charge in [0, 0.05) is 95.2 Å². The van der Waals surface area contributed by atoms with E-state index in [1.807, 2.05) is 42.5 Å². The number of benzene rings is 2. The van der Waals surface area contributed by atoms with Crippen molar-refractivity contribution < 1.29 is 43.2 Å². The van der Waals surface area contributed by atoms with Crippen molar-refractivity contribution in [2.45, 2.75) is 172 Å². The number of carbonyl (C=O) groups is 9. The lowest BCUT2D eigenvalue weighted by atomic mass is 9.88. The quantitative estimate of drug-likeness (QED) is 0.0197. The van der Waals surface area contributed by atoms with Crippen molar-refractivity contribution in [3.05, 3.63) is 48.0 Å². The Morgan fingerprint density at radius 3 is 1.20 bits per heavy atom. The first-order valence-electron chi connectivity index (χ1n) is 33.0. The molecule has 2 aromatic carbocycles. The fourth-order valence-corrected chi connectivity index (χ4v) is 11.6. The number of hydrogen-bond donors (Lipinski definition) is 16. The van der Waals surface area contributed by atoms with Crippen molar-refractivity contribution in [1.82, 2.24) is 20.9 Å². The zero-order valence-electron chi connectivity index (χ0n) is 55.7. The molecule has 532 valence electrons. The number of ketones is 5. The van der Waals surface area contributed by atoms with Gasteiger partial charge in [0.25, 0.3) is 0 Å². The van der Waals surface area contributed by atoms with Crippen molar-refractivity contribution >= 4 is 99.1 Å². The highest BCUT2D eigenvalue weighted by Gasteiger charge is 2.38. The van der Waals surface area contributed by atoms with E-state index in [-0.39, 0.29) is 189 Å². The van der Waals surface area contributed by atoms with E-state index in [0.717, 1.165) is 16.3 Å². The van der Waals surface area contributed by atoms with Crippen LogP contribution in [0.4, 0.5) is 0 Å². The fraction of sp³-hybridized carbons (Fsp3) is 0.609. The van der Waals surface area contributed by atoms with Crippen LogP contribution in [0.2, 0.25) is 0 Å². The summed E-state index contributed by atoms with van der Waals surface area (Å²) in [5, 5.41) is 10.5. The van der Waals surface area contributed by atoms with Crippen molar-refractivity contribution in [2.24, 2.45) is 128 Å². The van der Waals surface area contributed by atoms with Crippen LogP contribution in [0.5, 0.6) is 0 Å². The number of Topliss-reactive ketones (excluding diaryl/α,β-unsaturated/α-hetero) is 5. The number of nitrogens with zero attached hydrogens (tertiary/aromatic N) is 7. The van der Waals surface area contributed by atoms with E-state index in [9.17, 15) is 43.2 Å². The van der Waals surface area contributed by atoms with Crippen molar-refractivity contribution in [1.29, 1.82) is 0 Å². The zero-order chi connectivity index (χ0) is 71.1. The van der Waals surface area contributed by atoms with Gasteiger partial charge in [-0.25, -0.2) is 0 Å². The lowest BCUT2D eigenvalue weighted by Gasteiger charge is -2.27. The third-order valence-corrected chi connectivity index (χ3v) is 16.6. The molecule has 32 heteroatoms. The number of aliphatic imine (C=N–C) groups is 6. The van der Waals surface area contributed by atoms with Crippen LogP contribution in [0.25, 0.3) is 10.8 Å². The Labute approximate surface area is 561 Å². The number of nitrogens with two attached hydrogens (primary N) is 13. The van der Waals surface area contributed by atoms with E-state index in [2.05, 4.69) is 45.9 Å². The number of rotatable bonds is 49. The molecule has 0 aromatic heterocycles. The number of nitrogens with one attached hydrogen (secondary N) is 3. The SMILES string of the molecule is CC(=O)[C@H](CCCN=C(N)N)CC(=O)[C@H](CCCN=C(N)N)NC(=O)[C@H](CCCN=C(N)N)CC(=O)[C@H](CCCN=C(N)N)NC(=O)[C@H](CCCN=C(N)N)CC(=O)[C@H](CCCN=C(N)N)NC(=O)[C@H](CCCCN)CC(=O)[C@@H]1CCCN1C(=O)Cc1cccc2ccccc12. The second-order valence-corrected chi connectivity index (χ2v) is 24.3. The molecular formula is C64H107N23O9. The number of amides is 4. The average molecular weight is 1340 g/mol. The lowest BCUT2D eigenvalue weighted by molar-refractivity contribution is -0.139. The van der Waals surface area contributed by atoms with Crippen LogP contribution in [0, 0.1) is 23.7 Å². The van der Waals surface area contributed by atoms with Crippen LogP contribution in [0.1, 0.15) is 147 Å². The Morgan fingerprint density at radius 1 is 0.448 bits per heavy atom. The number of likely N-dealkylation sites (tertiary alicyclic amines) is 1. The van der Waals surface area contributed by atoms with E-state index in [0.29, 0.717) is 45.2 Å². The first-order valence-corrected chi connectivity index (χ1v) is 33.0. The number of unbranched alkanes of at least 4 members (excludes halogenated alkanes) is 1. The first kappa shape index (κ1) is 80.7. The van der Waals surface area contributed by atoms with Crippen LogP contribution >= 0.6 is 0 Å². The summed E-state index contributed by atoms with van der Waals surface area (Å²) in [5.41, 5.74) is 73.9. The molecule has 1 aliphatic heterocycles. The lowest BCUT2D eigenvalue weighted by Crippen LogP contribution is -2.49. The Bertz CT molecular complexity index is 3050. The molecule has 2 aromatic rings. The first-order chi connectivity index (χ1) is 45.7. The molecular weight excluding hydrogens is 1230 g/mol. The van der Waals surface area contributed by atoms with Gasteiger partial charge in [-0.1, -0.05) is 48.9 Å². The maximum absolute atomic E-state index is 14.9. The molecule has 1 aliphatic rings. The molecule has 0 spiro atoms. The minimum Gasteiger partial charge on any atom is -0.370 e. The highest BCUT2D eigenvalue weighted by Crippen LogP contribution is 2.28. The molecule has 96 heavy (non-hydrogen) atoms. The highest BCUT2D eigenvalue weighted by molar-refractivity contribution is 5.99. The predicted octanol–water partition coefficient (Wildman–Crippen LogP) is -1.83. The van der Waals surface area contributed by atoms with Crippen LogP contribution in [-0.2, 0) is 49.6 Å². The summed E-state index contributed by atoms with van der Waals surface area (Å²) in [5.74, 6) is -9.60. The van der Waals surface area contributed by atoms with E-state index < -0.39 is 95.8 Å². The van der Waals surface area contributed by atoms with Gasteiger partial charge in [0.15, 0.2) is 58.9 Å². The summed E-state index contributed by atoms with van der Waals surface area (Å²) in [7, 11) is 0. The van der Waals surface area contributed by atoms with Crippen molar-refractivity contribution in [3.8, 4) is 0 Å². The molecule has 29 N–H and O–H groups in total. The van der Waals surface area contributed by atoms with Gasteiger partial charge in [0.2, 0.25) is 23.6 Å². The number of guanidine groups is 6. The van der Waals surface area contributed by atoms with Gasteiger partial charge in [0.05, 0.1) is 30.6 Å². The van der Waals surface area contributed by atoms with Crippen LogP contribution in [-0.4, -0.2) is 170 Å². The minimum atomic E-state index is -1.31. The van der Waals surface area contributed by atoms with E-state index in [1.165, 1.54) is 6.92 Å². The molecule has 1 heterocycles. The number of carbonyl (C=O) groups excluding carboxylic acids is 9. The molecule has 0 saturated carbocycles. The second kappa shape index (κ2) is 44.2. The normalized spacial score (nSPS) is 14.8. The third kappa shape index (κ3) is 31.6.